The molecule has 0 amide bonds. The normalized spacial score (nSPS) is 14.9. The number of alkyl halides is 3. The molecule has 0 saturated heterocycles. The lowest BCUT2D eigenvalue weighted by Crippen LogP contribution is -2.16. The predicted octanol–water partition coefficient (Wildman–Crippen LogP) is 1.78. The van der Waals surface area contributed by atoms with Crippen molar-refractivity contribution in [2.24, 2.45) is 5.92 Å². The molecule has 1 saturated carbocycles. The summed E-state index contributed by atoms with van der Waals surface area (Å²) in [6, 6.07) is 0.575. The zero-order chi connectivity index (χ0) is 14.8. The molecular formula is C11H12F3N3O3. The van der Waals surface area contributed by atoms with Gasteiger partial charge in [-0.1, -0.05) is 0 Å². The summed E-state index contributed by atoms with van der Waals surface area (Å²) in [5.41, 5.74) is -1.17. The molecule has 0 unspecified atom stereocenters. The summed E-state index contributed by atoms with van der Waals surface area (Å²) < 4.78 is 42.7. The van der Waals surface area contributed by atoms with Crippen molar-refractivity contribution >= 4 is 11.9 Å². The van der Waals surface area contributed by atoms with Crippen molar-refractivity contribution < 1.29 is 27.8 Å². The van der Waals surface area contributed by atoms with E-state index in [2.05, 4.69) is 20.0 Å². The topological polar surface area (TPSA) is 84.3 Å². The third kappa shape index (κ3) is 4.25. The minimum absolute atomic E-state index is 0.216. The number of carbonyl (C=O) groups is 1. The van der Waals surface area contributed by atoms with Crippen molar-refractivity contribution in [1.29, 1.82) is 0 Å². The Morgan fingerprint density at radius 3 is 2.70 bits per heavy atom. The van der Waals surface area contributed by atoms with Crippen molar-refractivity contribution in [3.8, 4) is 5.88 Å². The fourth-order valence-corrected chi connectivity index (χ4v) is 1.42. The third-order valence-corrected chi connectivity index (χ3v) is 2.58. The van der Waals surface area contributed by atoms with Gasteiger partial charge in [0.1, 0.15) is 0 Å². The molecule has 2 rings (SSSR count). The smallest absolute Gasteiger partial charge is 0.433 e. The Morgan fingerprint density at radius 1 is 1.45 bits per heavy atom. The van der Waals surface area contributed by atoms with Crippen LogP contribution in [0.1, 0.15) is 18.5 Å². The van der Waals surface area contributed by atoms with E-state index >= 15 is 0 Å². The molecular weight excluding hydrogens is 279 g/mol. The number of hydrogen-bond acceptors (Lipinski definition) is 5. The highest BCUT2D eigenvalue weighted by atomic mass is 19.4. The van der Waals surface area contributed by atoms with E-state index in [-0.39, 0.29) is 5.95 Å². The van der Waals surface area contributed by atoms with Gasteiger partial charge in [0.05, 0.1) is 0 Å². The summed E-state index contributed by atoms with van der Waals surface area (Å²) in [4.78, 5) is 17.4. The number of carboxylic acid groups (broad SMARTS) is 1. The summed E-state index contributed by atoms with van der Waals surface area (Å²) >= 11 is 0. The second kappa shape index (κ2) is 5.51. The van der Waals surface area contributed by atoms with Gasteiger partial charge in [-0.25, -0.2) is 9.78 Å². The number of carboxylic acids is 1. The SMILES string of the molecule is O=C(O)COc1cc(C(F)(F)F)nc(NCC2CC2)n1. The van der Waals surface area contributed by atoms with Crippen LogP contribution in [0.25, 0.3) is 0 Å². The number of nitrogens with zero attached hydrogens (tertiary/aromatic N) is 2. The molecule has 9 heteroatoms. The van der Waals surface area contributed by atoms with Crippen LogP contribution in [0.4, 0.5) is 19.1 Å². The van der Waals surface area contributed by atoms with Crippen LogP contribution in [0.15, 0.2) is 6.07 Å². The Balaban J connectivity index is 2.15. The molecule has 0 aliphatic heterocycles. The van der Waals surface area contributed by atoms with Gasteiger partial charge < -0.3 is 15.2 Å². The average molecular weight is 291 g/mol. The minimum Gasteiger partial charge on any atom is -0.479 e. The predicted molar refractivity (Wildman–Crippen MR) is 61.4 cm³/mol. The molecule has 0 radical (unpaired) electrons. The third-order valence-electron chi connectivity index (χ3n) is 2.58. The summed E-state index contributed by atoms with van der Waals surface area (Å²) in [6.07, 6.45) is -2.61. The molecule has 20 heavy (non-hydrogen) atoms. The van der Waals surface area contributed by atoms with Crippen LogP contribution in [0, 0.1) is 5.92 Å². The fourth-order valence-electron chi connectivity index (χ4n) is 1.42. The van der Waals surface area contributed by atoms with Gasteiger partial charge in [0.2, 0.25) is 11.8 Å². The standard InChI is InChI=1S/C11H12F3N3O3/c12-11(13,14)7-3-8(20-5-9(18)19)17-10(16-7)15-4-6-1-2-6/h3,6H,1-2,4-5H2,(H,18,19)(H,15,16,17). The number of hydrogen-bond donors (Lipinski definition) is 2. The number of anilines is 1. The van der Waals surface area contributed by atoms with Crippen molar-refractivity contribution in [3.05, 3.63) is 11.8 Å². The Kier molecular flexibility index (Phi) is 3.96. The molecule has 1 aliphatic rings. The van der Waals surface area contributed by atoms with E-state index in [4.69, 9.17) is 5.11 Å². The molecule has 0 atom stereocenters. The Hall–Kier alpha value is -2.06. The molecule has 0 spiro atoms. The Morgan fingerprint density at radius 2 is 2.15 bits per heavy atom. The minimum atomic E-state index is -4.65. The first-order chi connectivity index (χ1) is 9.34. The van der Waals surface area contributed by atoms with E-state index in [1.54, 1.807) is 0 Å². The maximum Gasteiger partial charge on any atom is 0.433 e. The van der Waals surface area contributed by atoms with E-state index in [0.29, 0.717) is 18.5 Å². The van der Waals surface area contributed by atoms with Crippen LogP contribution >= 0.6 is 0 Å². The number of nitrogens with one attached hydrogen (secondary N) is 1. The molecule has 1 fully saturated rings. The van der Waals surface area contributed by atoms with E-state index in [1.165, 1.54) is 0 Å². The van der Waals surface area contributed by atoms with Gasteiger partial charge >= 0.3 is 12.1 Å². The molecule has 0 bridgehead atoms. The van der Waals surface area contributed by atoms with Gasteiger partial charge in [0.15, 0.2) is 12.3 Å². The van der Waals surface area contributed by atoms with Gasteiger partial charge in [-0.15, -0.1) is 0 Å². The largest absolute Gasteiger partial charge is 0.479 e. The van der Waals surface area contributed by atoms with Crippen LogP contribution in [0.2, 0.25) is 0 Å². The van der Waals surface area contributed by atoms with Gasteiger partial charge in [-0.05, 0) is 18.8 Å². The molecule has 1 aromatic rings. The highest BCUT2D eigenvalue weighted by molar-refractivity contribution is 5.68. The quantitative estimate of drug-likeness (QED) is 0.831. The van der Waals surface area contributed by atoms with Crippen LogP contribution < -0.4 is 10.1 Å². The molecule has 110 valence electrons. The highest BCUT2D eigenvalue weighted by Crippen LogP contribution is 2.31. The van der Waals surface area contributed by atoms with Crippen LogP contribution in [0.5, 0.6) is 5.88 Å². The first kappa shape index (κ1) is 14.4. The highest BCUT2D eigenvalue weighted by Gasteiger charge is 2.34. The summed E-state index contributed by atoms with van der Waals surface area (Å²) in [5, 5.41) is 11.1. The number of ether oxygens (including phenoxy) is 1. The summed E-state index contributed by atoms with van der Waals surface area (Å²) in [7, 11) is 0. The zero-order valence-electron chi connectivity index (χ0n) is 10.3. The monoisotopic (exact) mass is 291 g/mol. The van der Waals surface area contributed by atoms with E-state index in [9.17, 15) is 18.0 Å². The lowest BCUT2D eigenvalue weighted by Gasteiger charge is -2.11. The second-order valence-electron chi connectivity index (χ2n) is 4.42. The number of halogens is 3. The number of aliphatic carboxylic acids is 1. The van der Waals surface area contributed by atoms with Crippen molar-refractivity contribution in [2.75, 3.05) is 18.5 Å². The fraction of sp³-hybridized carbons (Fsp3) is 0.545. The Bertz CT molecular complexity index is 503. The summed E-state index contributed by atoms with van der Waals surface area (Å²) in [5.74, 6) is -1.51. The second-order valence-corrected chi connectivity index (χ2v) is 4.42. The van der Waals surface area contributed by atoms with Gasteiger partial charge in [0, 0.05) is 12.6 Å². The van der Waals surface area contributed by atoms with Crippen LogP contribution in [0.3, 0.4) is 0 Å². The van der Waals surface area contributed by atoms with E-state index < -0.39 is 30.3 Å². The lowest BCUT2D eigenvalue weighted by atomic mass is 10.4. The van der Waals surface area contributed by atoms with Gasteiger partial charge in [0.25, 0.3) is 0 Å². The van der Waals surface area contributed by atoms with Crippen molar-refractivity contribution in [1.82, 2.24) is 9.97 Å². The Labute approximate surface area is 112 Å². The van der Waals surface area contributed by atoms with Gasteiger partial charge in [-0.2, -0.15) is 18.2 Å². The maximum absolute atomic E-state index is 12.7. The zero-order valence-corrected chi connectivity index (χ0v) is 10.3. The van der Waals surface area contributed by atoms with E-state index in [1.807, 2.05) is 0 Å². The molecule has 1 aromatic heterocycles. The van der Waals surface area contributed by atoms with Gasteiger partial charge in [-0.3, -0.25) is 0 Å². The molecule has 6 nitrogen and oxygen atoms in total. The molecule has 0 aromatic carbocycles. The molecule has 2 N–H and O–H groups in total. The van der Waals surface area contributed by atoms with Crippen LogP contribution in [-0.4, -0.2) is 34.2 Å². The average Bonchev–Trinajstić information content (AvgIpc) is 3.16. The van der Waals surface area contributed by atoms with Crippen molar-refractivity contribution in [2.45, 2.75) is 19.0 Å². The lowest BCUT2D eigenvalue weighted by molar-refractivity contribution is -0.141. The molecule has 1 heterocycles. The summed E-state index contributed by atoms with van der Waals surface area (Å²) in [6.45, 7) is -0.282. The number of aromatic nitrogens is 2. The first-order valence-corrected chi connectivity index (χ1v) is 5.89. The van der Waals surface area contributed by atoms with Crippen molar-refractivity contribution in [3.63, 3.8) is 0 Å². The van der Waals surface area contributed by atoms with E-state index in [0.717, 1.165) is 12.8 Å². The number of rotatable bonds is 6. The maximum atomic E-state index is 12.7. The molecule has 1 aliphatic carbocycles. The first-order valence-electron chi connectivity index (χ1n) is 5.89. The van der Waals surface area contributed by atoms with Crippen LogP contribution in [-0.2, 0) is 11.0 Å².